The second-order valence-electron chi connectivity index (χ2n) is 0. The fourth-order valence-corrected chi connectivity index (χ4v) is 0. The van der Waals surface area contributed by atoms with Gasteiger partial charge in [0.25, 0.3) is 0 Å². The molecular formula is HoNi5. The normalized spacial score (nSPS) is 0. The summed E-state index contributed by atoms with van der Waals surface area (Å²) in [6.07, 6.45) is 0. The predicted octanol–water partition coefficient (Wildman–Crippen LogP) is -0.0125. The Labute approximate surface area is 118 Å². The van der Waals surface area contributed by atoms with E-state index in [0.29, 0.717) is 0 Å². The molecule has 0 nitrogen and oxygen atoms in total. The maximum absolute atomic E-state index is 0. The van der Waals surface area contributed by atoms with Crippen molar-refractivity contribution in [2.45, 2.75) is 0 Å². The molecule has 0 N–H and O–H groups in total. The molecule has 61 valence electrons. The molecule has 0 rings (SSSR count). The van der Waals surface area contributed by atoms with Crippen molar-refractivity contribution >= 4 is 0 Å². The molecule has 0 bridgehead atoms. The fraction of sp³-hybridized carbons (Fsp3) is 0. The summed E-state index contributed by atoms with van der Waals surface area (Å²) in [5.41, 5.74) is 0. The Bertz CT molecular complexity index is 3.90. The van der Waals surface area contributed by atoms with Crippen molar-refractivity contribution in [1.82, 2.24) is 0 Å². The smallest absolute Gasteiger partial charge is 0 e. The van der Waals surface area contributed by atoms with Crippen molar-refractivity contribution < 1.29 is 120 Å². The first kappa shape index (κ1) is 53.3. The van der Waals surface area contributed by atoms with Crippen LogP contribution in [0.3, 0.4) is 0 Å². The van der Waals surface area contributed by atoms with E-state index in [2.05, 4.69) is 0 Å². The summed E-state index contributed by atoms with van der Waals surface area (Å²) in [4.78, 5) is 0. The Kier molecular flexibility index (Phi) is 333. The third kappa shape index (κ3) is 25.2. The zero-order valence-electron chi connectivity index (χ0n) is 1.88. The van der Waals surface area contributed by atoms with Gasteiger partial charge in [-0.1, -0.05) is 0 Å². The van der Waals surface area contributed by atoms with Crippen molar-refractivity contribution in [2.75, 3.05) is 0 Å². The summed E-state index contributed by atoms with van der Waals surface area (Å²) in [6.45, 7) is 0. The quantitative estimate of drug-likeness (QED) is 0.448. The van der Waals surface area contributed by atoms with Gasteiger partial charge in [0, 0.05) is 120 Å². The van der Waals surface area contributed by atoms with Crippen molar-refractivity contribution in [3.8, 4) is 0 Å². The molecule has 6 heteroatoms. The molecule has 0 aromatic carbocycles. The number of hydrogen-bond acceptors (Lipinski definition) is 0. The van der Waals surface area contributed by atoms with Crippen LogP contribution in [0.4, 0.5) is 0 Å². The van der Waals surface area contributed by atoms with Crippen molar-refractivity contribution in [1.29, 1.82) is 0 Å². The van der Waals surface area contributed by atoms with E-state index >= 15 is 0 Å². The summed E-state index contributed by atoms with van der Waals surface area (Å²) in [5, 5.41) is 0. The van der Waals surface area contributed by atoms with Gasteiger partial charge < -0.3 is 0 Å². The van der Waals surface area contributed by atoms with Crippen molar-refractivity contribution in [3.05, 3.63) is 0 Å². The molecule has 0 aromatic heterocycles. The Hall–Kier alpha value is 3.73. The fourth-order valence-electron chi connectivity index (χ4n) is 0. The summed E-state index contributed by atoms with van der Waals surface area (Å²) in [5.74, 6) is 0. The zero-order chi connectivity index (χ0) is 0. The average Bonchev–Trinajstić information content (AvgIpc) is 0. The maximum Gasteiger partial charge on any atom is 0 e. The van der Waals surface area contributed by atoms with Gasteiger partial charge in [-0.25, -0.2) is 0 Å². The Morgan fingerprint density at radius 1 is 0.333 bits per heavy atom. The van der Waals surface area contributed by atoms with Crippen LogP contribution in [0.2, 0.25) is 0 Å². The molecule has 1 radical (unpaired) electrons. The second kappa shape index (κ2) is 37.5. The van der Waals surface area contributed by atoms with E-state index in [-0.39, 0.29) is 120 Å². The molecule has 0 unspecified atom stereocenters. The predicted molar refractivity (Wildman–Crippen MR) is 0 cm³/mol. The average molecular weight is 458 g/mol. The Morgan fingerprint density at radius 3 is 0.333 bits per heavy atom. The summed E-state index contributed by atoms with van der Waals surface area (Å²) >= 11 is 0. The van der Waals surface area contributed by atoms with Crippen LogP contribution in [0.5, 0.6) is 0 Å². The minimum atomic E-state index is 0. The molecule has 6 heavy (non-hydrogen) atoms. The minimum absolute atomic E-state index is 0. The van der Waals surface area contributed by atoms with Gasteiger partial charge in [0.15, 0.2) is 0 Å². The van der Waals surface area contributed by atoms with Crippen LogP contribution in [0.15, 0.2) is 0 Å². The van der Waals surface area contributed by atoms with Crippen molar-refractivity contribution in [2.24, 2.45) is 0 Å². The molecule has 0 heterocycles. The SMILES string of the molecule is [Ho].[Ni].[Ni].[Ni].[Ni].[Ni]. The summed E-state index contributed by atoms with van der Waals surface area (Å²) in [7, 11) is 0. The third-order valence-electron chi connectivity index (χ3n) is 0. The first-order chi connectivity index (χ1) is 0. The number of hydrogen-bond donors (Lipinski definition) is 0. The van der Waals surface area contributed by atoms with E-state index in [1.54, 1.807) is 0 Å². The van der Waals surface area contributed by atoms with E-state index < -0.39 is 0 Å². The number of rotatable bonds is 0. The molecule has 0 fully saturated rings. The van der Waals surface area contributed by atoms with Gasteiger partial charge in [-0.3, -0.25) is 0 Å². The van der Waals surface area contributed by atoms with Gasteiger partial charge in [0.05, 0.1) is 0 Å². The Balaban J connectivity index is 0. The molecule has 0 spiro atoms. The molecule has 0 saturated heterocycles. The molecule has 0 amide bonds. The van der Waals surface area contributed by atoms with Crippen LogP contribution in [-0.4, -0.2) is 0 Å². The Morgan fingerprint density at radius 2 is 0.333 bits per heavy atom. The standard InChI is InChI=1S/Ho.5Ni. The van der Waals surface area contributed by atoms with Gasteiger partial charge >= 0.3 is 0 Å². The third-order valence-corrected chi connectivity index (χ3v) is 0. The van der Waals surface area contributed by atoms with Crippen LogP contribution in [-0.2, 0) is 82.5 Å². The molecule has 0 aliphatic heterocycles. The molecule has 0 atom stereocenters. The van der Waals surface area contributed by atoms with Gasteiger partial charge in [-0.15, -0.1) is 0 Å². The molecule has 0 saturated carbocycles. The van der Waals surface area contributed by atoms with E-state index in [9.17, 15) is 0 Å². The van der Waals surface area contributed by atoms with E-state index in [1.807, 2.05) is 0 Å². The van der Waals surface area contributed by atoms with Crippen LogP contribution >= 0.6 is 0 Å². The maximum atomic E-state index is 0. The van der Waals surface area contributed by atoms with E-state index in [1.165, 1.54) is 0 Å². The van der Waals surface area contributed by atoms with Crippen LogP contribution in [0, 0.1) is 37.7 Å². The summed E-state index contributed by atoms with van der Waals surface area (Å²) in [6, 6.07) is 0. The van der Waals surface area contributed by atoms with Gasteiger partial charge in [-0.05, 0) is 0 Å². The van der Waals surface area contributed by atoms with Gasteiger partial charge in [-0.2, -0.15) is 0 Å². The first-order valence-electron chi connectivity index (χ1n) is 0. The zero-order valence-corrected chi connectivity index (χ0v) is 8.76. The molecular weight excluding hydrogens is 458 g/mol. The summed E-state index contributed by atoms with van der Waals surface area (Å²) < 4.78 is 0. The van der Waals surface area contributed by atoms with E-state index in [4.69, 9.17) is 0 Å². The minimum Gasteiger partial charge on any atom is 0 e. The van der Waals surface area contributed by atoms with Crippen LogP contribution in [0.1, 0.15) is 0 Å². The largest absolute Gasteiger partial charge is 0 e. The topological polar surface area (TPSA) is 0 Å². The van der Waals surface area contributed by atoms with Gasteiger partial charge in [0.1, 0.15) is 0 Å². The van der Waals surface area contributed by atoms with Crippen LogP contribution in [0.25, 0.3) is 0 Å². The van der Waals surface area contributed by atoms with Crippen LogP contribution < -0.4 is 0 Å². The van der Waals surface area contributed by atoms with Gasteiger partial charge in [0.2, 0.25) is 0 Å². The molecule has 0 aliphatic carbocycles. The molecule has 0 aliphatic rings. The molecule has 0 aromatic rings. The second-order valence-corrected chi connectivity index (χ2v) is 0. The van der Waals surface area contributed by atoms with E-state index in [0.717, 1.165) is 0 Å². The monoisotopic (exact) mass is 455 g/mol. The van der Waals surface area contributed by atoms with Crippen molar-refractivity contribution in [3.63, 3.8) is 0 Å². The first-order valence-corrected chi connectivity index (χ1v) is 0.